The molecule has 0 saturated heterocycles. The van der Waals surface area contributed by atoms with Crippen molar-refractivity contribution in [1.29, 1.82) is 0 Å². The zero-order valence-electron chi connectivity index (χ0n) is 9.48. The highest BCUT2D eigenvalue weighted by atomic mass is 16.5. The average molecular weight is 208 g/mol. The van der Waals surface area contributed by atoms with Crippen LogP contribution in [0.2, 0.25) is 0 Å². The Kier molecular flexibility index (Phi) is 3.55. The first-order chi connectivity index (χ1) is 7.22. The zero-order chi connectivity index (χ0) is 11.4. The van der Waals surface area contributed by atoms with Crippen LogP contribution < -0.4 is 4.74 Å². The van der Waals surface area contributed by atoms with E-state index in [1.165, 1.54) is 7.11 Å². The van der Waals surface area contributed by atoms with Crippen molar-refractivity contribution in [2.75, 3.05) is 7.11 Å². The third-order valence-electron chi connectivity index (χ3n) is 1.93. The summed E-state index contributed by atoms with van der Waals surface area (Å²) >= 11 is 0. The first-order valence-electron chi connectivity index (χ1n) is 4.91. The van der Waals surface area contributed by atoms with Crippen LogP contribution in [-0.4, -0.2) is 22.0 Å². The number of aromatic hydroxyl groups is 1. The second kappa shape index (κ2) is 4.68. The number of benzene rings is 1. The molecule has 0 aliphatic heterocycles. The minimum atomic E-state index is 0.119. The van der Waals surface area contributed by atoms with Crippen molar-refractivity contribution in [2.45, 2.75) is 13.8 Å². The van der Waals surface area contributed by atoms with Gasteiger partial charge in [0.2, 0.25) is 0 Å². The molecule has 0 aliphatic carbocycles. The summed E-state index contributed by atoms with van der Waals surface area (Å²) in [5, 5.41) is 14.6. The van der Waals surface area contributed by atoms with Crippen molar-refractivity contribution < 1.29 is 9.84 Å². The van der Waals surface area contributed by atoms with E-state index in [2.05, 4.69) is 5.10 Å². The standard InChI is InChI=1S/C9H10N2O2.C2H6/c1-11-5-6-3-4-7(12)9(13-2)8(6)10-11;1-2/h3-5,12H,1-2H3;1-2H3. The van der Waals surface area contributed by atoms with Crippen molar-refractivity contribution in [3.63, 3.8) is 0 Å². The molecule has 2 aromatic rings. The van der Waals surface area contributed by atoms with Crippen molar-refractivity contribution in [3.05, 3.63) is 18.3 Å². The van der Waals surface area contributed by atoms with E-state index in [1.54, 1.807) is 16.8 Å². The molecule has 4 nitrogen and oxygen atoms in total. The number of phenols is 1. The maximum atomic E-state index is 9.44. The van der Waals surface area contributed by atoms with Crippen molar-refractivity contribution >= 4 is 10.9 Å². The van der Waals surface area contributed by atoms with E-state index in [4.69, 9.17) is 4.74 Å². The summed E-state index contributed by atoms with van der Waals surface area (Å²) in [5.74, 6) is 0.548. The average Bonchev–Trinajstić information content (AvgIpc) is 2.61. The molecule has 0 atom stereocenters. The SMILES string of the molecule is CC.COc1c(O)ccc2cn(C)nc12. The molecule has 1 aromatic carbocycles. The minimum Gasteiger partial charge on any atom is -0.504 e. The Balaban J connectivity index is 0.000000531. The third kappa shape index (κ3) is 2.03. The quantitative estimate of drug-likeness (QED) is 0.782. The summed E-state index contributed by atoms with van der Waals surface area (Å²) in [6, 6.07) is 3.41. The fourth-order valence-electron chi connectivity index (χ4n) is 1.37. The Morgan fingerprint density at radius 1 is 1.33 bits per heavy atom. The number of fused-ring (bicyclic) bond motifs is 1. The van der Waals surface area contributed by atoms with Gasteiger partial charge in [-0.1, -0.05) is 13.8 Å². The fourth-order valence-corrected chi connectivity index (χ4v) is 1.37. The predicted octanol–water partition coefficient (Wildman–Crippen LogP) is 2.31. The van der Waals surface area contributed by atoms with Gasteiger partial charge in [-0.15, -0.1) is 0 Å². The van der Waals surface area contributed by atoms with Gasteiger partial charge in [-0.05, 0) is 12.1 Å². The molecule has 4 heteroatoms. The van der Waals surface area contributed by atoms with Gasteiger partial charge in [-0.3, -0.25) is 4.68 Å². The summed E-state index contributed by atoms with van der Waals surface area (Å²) in [5.41, 5.74) is 0.685. The molecule has 0 fully saturated rings. The topological polar surface area (TPSA) is 47.3 Å². The zero-order valence-corrected chi connectivity index (χ0v) is 9.48. The highest BCUT2D eigenvalue weighted by Gasteiger charge is 2.09. The van der Waals surface area contributed by atoms with E-state index in [0.717, 1.165) is 5.39 Å². The smallest absolute Gasteiger partial charge is 0.188 e. The van der Waals surface area contributed by atoms with Gasteiger partial charge >= 0.3 is 0 Å². The molecule has 2 rings (SSSR count). The lowest BCUT2D eigenvalue weighted by Gasteiger charge is -2.02. The van der Waals surface area contributed by atoms with Crippen LogP contribution in [-0.2, 0) is 7.05 Å². The van der Waals surface area contributed by atoms with Crippen LogP contribution in [0.25, 0.3) is 10.9 Å². The molecule has 1 N–H and O–H groups in total. The summed E-state index contributed by atoms with van der Waals surface area (Å²) < 4.78 is 6.73. The summed E-state index contributed by atoms with van der Waals surface area (Å²) in [6.45, 7) is 4.00. The molecular formula is C11H16N2O2. The van der Waals surface area contributed by atoms with Gasteiger partial charge in [0.05, 0.1) is 7.11 Å². The van der Waals surface area contributed by atoms with E-state index in [1.807, 2.05) is 27.1 Å². The summed E-state index contributed by atoms with van der Waals surface area (Å²) in [4.78, 5) is 0. The van der Waals surface area contributed by atoms with Gasteiger partial charge in [0.15, 0.2) is 11.5 Å². The lowest BCUT2D eigenvalue weighted by atomic mass is 10.2. The van der Waals surface area contributed by atoms with Crippen LogP contribution in [0, 0.1) is 0 Å². The highest BCUT2D eigenvalue weighted by Crippen LogP contribution is 2.32. The second-order valence-electron chi connectivity index (χ2n) is 2.86. The molecule has 0 unspecified atom stereocenters. The summed E-state index contributed by atoms with van der Waals surface area (Å²) in [7, 11) is 3.35. The molecule has 82 valence electrons. The highest BCUT2D eigenvalue weighted by molar-refractivity contribution is 5.86. The molecule has 0 amide bonds. The number of phenolic OH excluding ortho intramolecular Hbond substituents is 1. The lowest BCUT2D eigenvalue weighted by molar-refractivity contribution is 0.377. The molecule has 0 aliphatic rings. The Hall–Kier alpha value is -1.71. The van der Waals surface area contributed by atoms with Gasteiger partial charge in [-0.25, -0.2) is 0 Å². The first-order valence-corrected chi connectivity index (χ1v) is 4.91. The number of aromatic nitrogens is 2. The maximum absolute atomic E-state index is 9.44. The maximum Gasteiger partial charge on any atom is 0.188 e. The van der Waals surface area contributed by atoms with Crippen LogP contribution >= 0.6 is 0 Å². The van der Waals surface area contributed by atoms with Gasteiger partial charge in [0, 0.05) is 18.6 Å². The number of hydrogen-bond acceptors (Lipinski definition) is 3. The molecule has 0 saturated carbocycles. The van der Waals surface area contributed by atoms with E-state index in [9.17, 15) is 5.11 Å². The predicted molar refractivity (Wildman–Crippen MR) is 60.3 cm³/mol. The van der Waals surface area contributed by atoms with Crippen LogP contribution in [0.5, 0.6) is 11.5 Å². The fraction of sp³-hybridized carbons (Fsp3) is 0.364. The number of aryl methyl sites for hydroxylation is 1. The van der Waals surface area contributed by atoms with Crippen molar-refractivity contribution in [3.8, 4) is 11.5 Å². The normalized spacial score (nSPS) is 9.60. The van der Waals surface area contributed by atoms with E-state index >= 15 is 0 Å². The molecular weight excluding hydrogens is 192 g/mol. The minimum absolute atomic E-state index is 0.119. The van der Waals surface area contributed by atoms with E-state index in [-0.39, 0.29) is 5.75 Å². The molecule has 1 aromatic heterocycles. The number of ether oxygens (including phenoxy) is 1. The lowest BCUT2D eigenvalue weighted by Crippen LogP contribution is -1.88. The molecule has 15 heavy (non-hydrogen) atoms. The number of methoxy groups -OCH3 is 1. The van der Waals surface area contributed by atoms with Gasteiger partial charge in [0.1, 0.15) is 5.52 Å². The Labute approximate surface area is 89.1 Å². The van der Waals surface area contributed by atoms with Crippen LogP contribution in [0.3, 0.4) is 0 Å². The Bertz CT molecular complexity index is 449. The molecule has 0 spiro atoms. The van der Waals surface area contributed by atoms with E-state index in [0.29, 0.717) is 11.3 Å². The molecule has 1 heterocycles. The molecule has 0 bridgehead atoms. The largest absolute Gasteiger partial charge is 0.504 e. The monoisotopic (exact) mass is 208 g/mol. The summed E-state index contributed by atoms with van der Waals surface area (Å²) in [6.07, 6.45) is 1.87. The molecule has 0 radical (unpaired) electrons. The first kappa shape index (κ1) is 11.4. The van der Waals surface area contributed by atoms with Crippen LogP contribution in [0.15, 0.2) is 18.3 Å². The Morgan fingerprint density at radius 3 is 2.60 bits per heavy atom. The van der Waals surface area contributed by atoms with Gasteiger partial charge in [0.25, 0.3) is 0 Å². The number of rotatable bonds is 1. The van der Waals surface area contributed by atoms with Crippen molar-refractivity contribution in [1.82, 2.24) is 9.78 Å². The third-order valence-corrected chi connectivity index (χ3v) is 1.93. The number of nitrogens with zero attached hydrogens (tertiary/aromatic N) is 2. The Morgan fingerprint density at radius 2 is 2.00 bits per heavy atom. The van der Waals surface area contributed by atoms with Gasteiger partial charge < -0.3 is 9.84 Å². The van der Waals surface area contributed by atoms with Crippen LogP contribution in [0.4, 0.5) is 0 Å². The number of hydrogen-bond donors (Lipinski definition) is 1. The van der Waals surface area contributed by atoms with Crippen LogP contribution in [0.1, 0.15) is 13.8 Å². The van der Waals surface area contributed by atoms with Crippen molar-refractivity contribution in [2.24, 2.45) is 7.05 Å². The second-order valence-corrected chi connectivity index (χ2v) is 2.86. The van der Waals surface area contributed by atoms with E-state index < -0.39 is 0 Å². The van der Waals surface area contributed by atoms with Gasteiger partial charge in [-0.2, -0.15) is 5.10 Å².